The van der Waals surface area contributed by atoms with Crippen LogP contribution in [0.25, 0.3) is 0 Å². The largest absolute Gasteiger partial charge is 0.508 e. The van der Waals surface area contributed by atoms with Crippen molar-refractivity contribution >= 4 is 15.9 Å². The van der Waals surface area contributed by atoms with Crippen molar-refractivity contribution in [3.05, 3.63) is 52.5 Å². The normalized spacial score (nSPS) is 10.2. The number of halogens is 1. The van der Waals surface area contributed by atoms with E-state index >= 15 is 0 Å². The van der Waals surface area contributed by atoms with E-state index in [2.05, 4.69) is 15.9 Å². The molecule has 0 bridgehead atoms. The van der Waals surface area contributed by atoms with Gasteiger partial charge in [0.25, 0.3) is 0 Å². The van der Waals surface area contributed by atoms with Gasteiger partial charge in [0.15, 0.2) is 0 Å². The molecule has 17 heavy (non-hydrogen) atoms. The molecule has 0 aliphatic carbocycles. The van der Waals surface area contributed by atoms with E-state index in [9.17, 15) is 5.11 Å². The Morgan fingerprint density at radius 1 is 1.06 bits per heavy atom. The summed E-state index contributed by atoms with van der Waals surface area (Å²) in [5.74, 6) is 1.67. The molecule has 0 heterocycles. The zero-order valence-electron chi connectivity index (χ0n) is 9.48. The number of aromatic hydroxyl groups is 1. The number of phenols is 1. The van der Waals surface area contributed by atoms with Crippen LogP contribution in [0.2, 0.25) is 0 Å². The first-order valence-corrected chi connectivity index (χ1v) is 6.23. The molecule has 88 valence electrons. The molecule has 0 saturated carbocycles. The van der Waals surface area contributed by atoms with Gasteiger partial charge in [0, 0.05) is 10.5 Å². The second-order valence-electron chi connectivity index (χ2n) is 3.70. The van der Waals surface area contributed by atoms with Crippen LogP contribution in [-0.4, -0.2) is 5.11 Å². The Labute approximate surface area is 109 Å². The summed E-state index contributed by atoms with van der Waals surface area (Å²) in [5, 5.41) is 9.73. The molecule has 0 radical (unpaired) electrons. The van der Waals surface area contributed by atoms with E-state index in [1.807, 2.05) is 43.3 Å². The molecule has 0 saturated heterocycles. The first kappa shape index (κ1) is 12.0. The highest BCUT2D eigenvalue weighted by Crippen LogP contribution is 2.28. The van der Waals surface area contributed by atoms with Crippen molar-refractivity contribution in [1.82, 2.24) is 0 Å². The van der Waals surface area contributed by atoms with Gasteiger partial charge in [-0.1, -0.05) is 28.9 Å². The Hall–Kier alpha value is -1.48. The molecule has 0 aliphatic rings. The van der Waals surface area contributed by atoms with Crippen LogP contribution in [0, 0.1) is 0 Å². The Balaban J connectivity index is 2.19. The average molecular weight is 293 g/mol. The fraction of sp³-hybridized carbons (Fsp3) is 0.143. The van der Waals surface area contributed by atoms with Gasteiger partial charge in [0.05, 0.1) is 0 Å². The van der Waals surface area contributed by atoms with Crippen molar-refractivity contribution in [2.45, 2.75) is 13.3 Å². The SMILES string of the molecule is CCc1ccc(Oc2ccc(Br)cc2)cc1O. The summed E-state index contributed by atoms with van der Waals surface area (Å²) < 4.78 is 6.64. The Kier molecular flexibility index (Phi) is 3.69. The van der Waals surface area contributed by atoms with Gasteiger partial charge >= 0.3 is 0 Å². The molecule has 0 fully saturated rings. The van der Waals surface area contributed by atoms with Gasteiger partial charge in [-0.3, -0.25) is 0 Å². The van der Waals surface area contributed by atoms with Crippen LogP contribution in [-0.2, 0) is 6.42 Å². The van der Waals surface area contributed by atoms with Gasteiger partial charge < -0.3 is 9.84 Å². The third-order valence-electron chi connectivity index (χ3n) is 2.49. The van der Waals surface area contributed by atoms with Gasteiger partial charge in [-0.2, -0.15) is 0 Å². The lowest BCUT2D eigenvalue weighted by molar-refractivity contribution is 0.450. The zero-order chi connectivity index (χ0) is 12.3. The quantitative estimate of drug-likeness (QED) is 0.902. The van der Waals surface area contributed by atoms with E-state index < -0.39 is 0 Å². The van der Waals surface area contributed by atoms with E-state index in [0.717, 1.165) is 22.2 Å². The molecule has 0 aromatic heterocycles. The van der Waals surface area contributed by atoms with Crippen LogP contribution in [0.5, 0.6) is 17.2 Å². The maximum Gasteiger partial charge on any atom is 0.131 e. The van der Waals surface area contributed by atoms with Crippen LogP contribution in [0.3, 0.4) is 0 Å². The summed E-state index contributed by atoms with van der Waals surface area (Å²) in [6.07, 6.45) is 0.810. The van der Waals surface area contributed by atoms with Crippen molar-refractivity contribution in [3.63, 3.8) is 0 Å². The fourth-order valence-electron chi connectivity index (χ4n) is 1.54. The number of hydrogen-bond donors (Lipinski definition) is 1. The molecule has 0 atom stereocenters. The minimum Gasteiger partial charge on any atom is -0.508 e. The van der Waals surface area contributed by atoms with Crippen LogP contribution in [0.4, 0.5) is 0 Å². The minimum atomic E-state index is 0.280. The van der Waals surface area contributed by atoms with Gasteiger partial charge in [0.1, 0.15) is 17.2 Å². The molecule has 1 N–H and O–H groups in total. The highest BCUT2D eigenvalue weighted by Gasteiger charge is 2.02. The Morgan fingerprint density at radius 2 is 1.71 bits per heavy atom. The van der Waals surface area contributed by atoms with Crippen molar-refractivity contribution in [2.75, 3.05) is 0 Å². The van der Waals surface area contributed by atoms with Crippen molar-refractivity contribution in [1.29, 1.82) is 0 Å². The van der Waals surface area contributed by atoms with Crippen molar-refractivity contribution < 1.29 is 9.84 Å². The third-order valence-corrected chi connectivity index (χ3v) is 3.02. The predicted octanol–water partition coefficient (Wildman–Crippen LogP) is 4.51. The third kappa shape index (κ3) is 3.01. The van der Waals surface area contributed by atoms with Crippen molar-refractivity contribution in [3.8, 4) is 17.2 Å². The highest BCUT2D eigenvalue weighted by molar-refractivity contribution is 9.10. The zero-order valence-corrected chi connectivity index (χ0v) is 11.1. The molecule has 0 aliphatic heterocycles. The summed E-state index contributed by atoms with van der Waals surface area (Å²) in [7, 11) is 0. The lowest BCUT2D eigenvalue weighted by Crippen LogP contribution is -1.86. The Bertz CT molecular complexity index is 506. The predicted molar refractivity (Wildman–Crippen MR) is 71.7 cm³/mol. The number of benzene rings is 2. The van der Waals surface area contributed by atoms with Gasteiger partial charge in [0.2, 0.25) is 0 Å². The molecule has 0 spiro atoms. The van der Waals surface area contributed by atoms with Crippen molar-refractivity contribution in [2.24, 2.45) is 0 Å². The molecule has 3 heteroatoms. The summed E-state index contributed by atoms with van der Waals surface area (Å²) in [6.45, 7) is 2.00. The minimum absolute atomic E-state index is 0.280. The molecule has 2 rings (SSSR count). The summed E-state index contributed by atoms with van der Waals surface area (Å²) in [6, 6.07) is 12.9. The molecule has 0 amide bonds. The number of hydrogen-bond acceptors (Lipinski definition) is 2. The van der Waals surface area contributed by atoms with Gasteiger partial charge in [-0.25, -0.2) is 0 Å². The van der Waals surface area contributed by atoms with Gasteiger partial charge in [-0.15, -0.1) is 0 Å². The number of ether oxygens (including phenoxy) is 1. The van der Waals surface area contributed by atoms with Gasteiger partial charge in [-0.05, 0) is 42.3 Å². The first-order chi connectivity index (χ1) is 8.19. The molecular formula is C14H13BrO2. The van der Waals surface area contributed by atoms with Crippen LogP contribution < -0.4 is 4.74 Å². The topological polar surface area (TPSA) is 29.5 Å². The maximum atomic E-state index is 9.73. The van der Waals surface area contributed by atoms with E-state index in [-0.39, 0.29) is 5.75 Å². The lowest BCUT2D eigenvalue weighted by atomic mass is 10.1. The number of phenolic OH excluding ortho intramolecular Hbond substituents is 1. The number of rotatable bonds is 3. The van der Waals surface area contributed by atoms with E-state index in [0.29, 0.717) is 5.75 Å². The Morgan fingerprint density at radius 3 is 2.29 bits per heavy atom. The second kappa shape index (κ2) is 5.23. The van der Waals surface area contributed by atoms with Crippen LogP contribution in [0.15, 0.2) is 46.9 Å². The second-order valence-corrected chi connectivity index (χ2v) is 4.62. The molecular weight excluding hydrogens is 280 g/mol. The maximum absolute atomic E-state index is 9.73. The summed E-state index contributed by atoms with van der Waals surface area (Å²) in [4.78, 5) is 0. The van der Waals surface area contributed by atoms with E-state index in [1.54, 1.807) is 6.07 Å². The summed E-state index contributed by atoms with van der Waals surface area (Å²) >= 11 is 3.37. The molecule has 2 nitrogen and oxygen atoms in total. The van der Waals surface area contributed by atoms with E-state index in [1.165, 1.54) is 0 Å². The fourth-order valence-corrected chi connectivity index (χ4v) is 1.81. The smallest absolute Gasteiger partial charge is 0.131 e. The molecule has 2 aromatic carbocycles. The van der Waals surface area contributed by atoms with E-state index in [4.69, 9.17) is 4.74 Å². The standard InChI is InChI=1S/C14H13BrO2/c1-2-10-3-6-13(9-14(10)16)17-12-7-4-11(15)5-8-12/h3-9,16H,2H2,1H3. The highest BCUT2D eigenvalue weighted by atomic mass is 79.9. The van der Waals surface area contributed by atoms with Crippen LogP contribution in [0.1, 0.15) is 12.5 Å². The van der Waals surface area contributed by atoms with Crippen LogP contribution >= 0.6 is 15.9 Å². The summed E-state index contributed by atoms with van der Waals surface area (Å²) in [5.41, 5.74) is 0.924. The first-order valence-electron chi connectivity index (χ1n) is 5.44. The number of aryl methyl sites for hydroxylation is 1. The molecule has 2 aromatic rings. The average Bonchev–Trinajstić information content (AvgIpc) is 2.32. The molecule has 0 unspecified atom stereocenters. The lowest BCUT2D eigenvalue weighted by Gasteiger charge is -2.08. The monoisotopic (exact) mass is 292 g/mol.